The van der Waals surface area contributed by atoms with Crippen molar-refractivity contribution in [1.82, 2.24) is 15.1 Å². The molecule has 6 nitrogen and oxygen atoms in total. The summed E-state index contributed by atoms with van der Waals surface area (Å²) >= 11 is 0. The molecule has 8 heteroatoms. The SMILES string of the molecule is CCN(CC)C(=O)c1ccc(CNC(=NC)N(C)Cc2ccc(OC(F)F)cc2)cc1. The Bertz CT molecular complexity index is 851. The van der Waals surface area contributed by atoms with Gasteiger partial charge in [-0.2, -0.15) is 8.78 Å². The van der Waals surface area contributed by atoms with Gasteiger partial charge in [0, 0.05) is 45.8 Å². The summed E-state index contributed by atoms with van der Waals surface area (Å²) in [6.07, 6.45) is 0. The van der Waals surface area contributed by atoms with Crippen molar-refractivity contribution in [3.05, 3.63) is 65.2 Å². The van der Waals surface area contributed by atoms with Crippen molar-refractivity contribution >= 4 is 11.9 Å². The number of guanidine groups is 1. The van der Waals surface area contributed by atoms with E-state index in [4.69, 9.17) is 0 Å². The molecule has 0 heterocycles. The number of carbonyl (C=O) groups excluding carboxylic acids is 1. The second kappa shape index (κ2) is 11.9. The molecule has 2 aromatic carbocycles. The number of nitrogens with one attached hydrogen (secondary N) is 1. The number of nitrogens with zero attached hydrogens (tertiary/aromatic N) is 3. The third-order valence-corrected chi connectivity index (χ3v) is 4.84. The minimum atomic E-state index is -2.83. The lowest BCUT2D eigenvalue weighted by Crippen LogP contribution is -2.38. The first-order valence-electron chi connectivity index (χ1n) is 10.2. The van der Waals surface area contributed by atoms with Gasteiger partial charge in [-0.05, 0) is 49.2 Å². The van der Waals surface area contributed by atoms with Crippen LogP contribution in [0.3, 0.4) is 0 Å². The first-order valence-corrected chi connectivity index (χ1v) is 10.2. The van der Waals surface area contributed by atoms with Gasteiger partial charge in [0.05, 0.1) is 0 Å². The van der Waals surface area contributed by atoms with Crippen molar-refractivity contribution in [3.63, 3.8) is 0 Å². The molecular weight excluding hydrogens is 402 g/mol. The van der Waals surface area contributed by atoms with Crippen LogP contribution in [0.1, 0.15) is 35.3 Å². The van der Waals surface area contributed by atoms with Crippen LogP contribution >= 0.6 is 0 Å². The molecule has 0 saturated heterocycles. The molecule has 0 atom stereocenters. The quantitative estimate of drug-likeness (QED) is 0.481. The van der Waals surface area contributed by atoms with Crippen LogP contribution in [0.15, 0.2) is 53.5 Å². The first-order chi connectivity index (χ1) is 14.9. The van der Waals surface area contributed by atoms with Gasteiger partial charge in [0.15, 0.2) is 5.96 Å². The smallest absolute Gasteiger partial charge is 0.387 e. The number of hydrogen-bond acceptors (Lipinski definition) is 3. The second-order valence-corrected chi connectivity index (χ2v) is 6.95. The Morgan fingerprint density at radius 2 is 1.61 bits per heavy atom. The van der Waals surface area contributed by atoms with Gasteiger partial charge in [0.25, 0.3) is 5.91 Å². The van der Waals surface area contributed by atoms with E-state index in [1.165, 1.54) is 12.1 Å². The van der Waals surface area contributed by atoms with E-state index in [9.17, 15) is 13.6 Å². The summed E-state index contributed by atoms with van der Waals surface area (Å²) in [5.74, 6) is 0.855. The average Bonchev–Trinajstić information content (AvgIpc) is 2.76. The predicted molar refractivity (Wildman–Crippen MR) is 118 cm³/mol. The minimum absolute atomic E-state index is 0.0324. The summed E-state index contributed by atoms with van der Waals surface area (Å²) in [5, 5.41) is 3.29. The van der Waals surface area contributed by atoms with Crippen LogP contribution in [-0.2, 0) is 13.1 Å². The highest BCUT2D eigenvalue weighted by Gasteiger charge is 2.12. The zero-order valence-corrected chi connectivity index (χ0v) is 18.4. The van der Waals surface area contributed by atoms with Gasteiger partial charge in [-0.25, -0.2) is 0 Å². The van der Waals surface area contributed by atoms with E-state index in [-0.39, 0.29) is 11.7 Å². The summed E-state index contributed by atoms with van der Waals surface area (Å²) in [6, 6.07) is 14.1. The Labute approximate surface area is 182 Å². The Morgan fingerprint density at radius 1 is 1.03 bits per heavy atom. The molecule has 168 valence electrons. The number of halogens is 2. The topological polar surface area (TPSA) is 57.2 Å². The largest absolute Gasteiger partial charge is 0.435 e. The van der Waals surface area contributed by atoms with Crippen LogP contribution in [0.4, 0.5) is 8.78 Å². The summed E-state index contributed by atoms with van der Waals surface area (Å²) in [7, 11) is 3.59. The summed E-state index contributed by atoms with van der Waals surface area (Å²) in [5.41, 5.74) is 2.64. The van der Waals surface area contributed by atoms with Gasteiger partial charge in [0.1, 0.15) is 5.75 Å². The van der Waals surface area contributed by atoms with Crippen molar-refractivity contribution in [2.75, 3.05) is 27.2 Å². The number of alkyl halides is 2. The molecule has 0 spiro atoms. The van der Waals surface area contributed by atoms with E-state index in [0.717, 1.165) is 11.1 Å². The Kier molecular flexibility index (Phi) is 9.24. The maximum atomic E-state index is 12.4. The zero-order chi connectivity index (χ0) is 22.8. The molecular formula is C23H30F2N4O2. The molecule has 0 aliphatic heterocycles. The number of carbonyl (C=O) groups is 1. The minimum Gasteiger partial charge on any atom is -0.435 e. The van der Waals surface area contributed by atoms with Crippen molar-refractivity contribution in [2.45, 2.75) is 33.5 Å². The second-order valence-electron chi connectivity index (χ2n) is 6.95. The van der Waals surface area contributed by atoms with Crippen molar-refractivity contribution in [1.29, 1.82) is 0 Å². The molecule has 0 saturated carbocycles. The van der Waals surface area contributed by atoms with Crippen LogP contribution in [0, 0.1) is 0 Å². The maximum absolute atomic E-state index is 12.4. The van der Waals surface area contributed by atoms with Crippen LogP contribution in [0.2, 0.25) is 0 Å². The van der Waals surface area contributed by atoms with E-state index in [1.54, 1.807) is 24.1 Å². The standard InChI is InChI=1S/C23H30F2N4O2/c1-5-29(6-2)21(30)19-11-7-17(8-12-19)15-27-23(26-3)28(4)16-18-9-13-20(14-10-18)31-22(24)25/h7-14,22H,5-6,15-16H2,1-4H3,(H,26,27). The fraction of sp³-hybridized carbons (Fsp3) is 0.391. The van der Waals surface area contributed by atoms with Gasteiger partial charge in [-0.15, -0.1) is 0 Å². The van der Waals surface area contributed by atoms with E-state index in [0.29, 0.717) is 37.7 Å². The maximum Gasteiger partial charge on any atom is 0.387 e. The van der Waals surface area contributed by atoms with Gasteiger partial charge in [-0.3, -0.25) is 9.79 Å². The number of amides is 1. The number of ether oxygens (including phenoxy) is 1. The number of benzene rings is 2. The van der Waals surface area contributed by atoms with Crippen LogP contribution in [0.25, 0.3) is 0 Å². The monoisotopic (exact) mass is 432 g/mol. The lowest BCUT2D eigenvalue weighted by molar-refractivity contribution is -0.0498. The van der Waals surface area contributed by atoms with Gasteiger partial charge < -0.3 is 19.9 Å². The normalized spacial score (nSPS) is 11.4. The highest BCUT2D eigenvalue weighted by Crippen LogP contribution is 2.16. The van der Waals surface area contributed by atoms with Gasteiger partial charge in [0.2, 0.25) is 0 Å². The summed E-state index contributed by atoms with van der Waals surface area (Å²) in [4.78, 5) is 20.4. The zero-order valence-electron chi connectivity index (χ0n) is 18.4. The lowest BCUT2D eigenvalue weighted by Gasteiger charge is -2.22. The highest BCUT2D eigenvalue weighted by molar-refractivity contribution is 5.94. The van der Waals surface area contributed by atoms with E-state index >= 15 is 0 Å². The first kappa shape index (κ1) is 24.1. The van der Waals surface area contributed by atoms with Crippen molar-refractivity contribution in [3.8, 4) is 5.75 Å². The molecule has 1 N–H and O–H groups in total. The summed E-state index contributed by atoms with van der Waals surface area (Å²) in [6.45, 7) is 3.57. The van der Waals surface area contributed by atoms with Gasteiger partial charge >= 0.3 is 6.61 Å². The molecule has 0 aliphatic rings. The van der Waals surface area contributed by atoms with Crippen LogP contribution in [-0.4, -0.2) is 55.5 Å². The molecule has 0 fully saturated rings. The third-order valence-electron chi connectivity index (χ3n) is 4.84. The lowest BCUT2D eigenvalue weighted by atomic mass is 10.1. The number of hydrogen-bond donors (Lipinski definition) is 1. The van der Waals surface area contributed by atoms with E-state index in [1.807, 2.05) is 50.1 Å². The molecule has 31 heavy (non-hydrogen) atoms. The average molecular weight is 433 g/mol. The van der Waals surface area contributed by atoms with Gasteiger partial charge in [-0.1, -0.05) is 24.3 Å². The molecule has 2 aromatic rings. The number of rotatable bonds is 9. The molecule has 0 aromatic heterocycles. The molecule has 0 bridgehead atoms. The predicted octanol–water partition coefficient (Wildman–Crippen LogP) is 3.98. The van der Waals surface area contributed by atoms with Crippen LogP contribution in [0.5, 0.6) is 5.75 Å². The molecule has 1 amide bonds. The Balaban J connectivity index is 1.92. The Morgan fingerprint density at radius 3 is 2.13 bits per heavy atom. The van der Waals surface area contributed by atoms with E-state index < -0.39 is 6.61 Å². The molecule has 0 aliphatic carbocycles. The van der Waals surface area contributed by atoms with Crippen molar-refractivity contribution < 1.29 is 18.3 Å². The fourth-order valence-electron chi connectivity index (χ4n) is 3.15. The highest BCUT2D eigenvalue weighted by atomic mass is 19.3. The van der Waals surface area contributed by atoms with E-state index in [2.05, 4.69) is 15.0 Å². The Hall–Kier alpha value is -3.16. The van der Waals surface area contributed by atoms with Crippen molar-refractivity contribution in [2.24, 2.45) is 4.99 Å². The molecule has 0 unspecified atom stereocenters. The summed E-state index contributed by atoms with van der Waals surface area (Å²) < 4.78 is 28.9. The fourth-order valence-corrected chi connectivity index (χ4v) is 3.15. The molecule has 2 rings (SSSR count). The van der Waals surface area contributed by atoms with Crippen LogP contribution < -0.4 is 10.1 Å². The third kappa shape index (κ3) is 7.24. The molecule has 0 radical (unpaired) electrons. The number of aliphatic imine (C=N–C) groups is 1.